The summed E-state index contributed by atoms with van der Waals surface area (Å²) < 4.78 is 3.86. The highest BCUT2D eigenvalue weighted by Crippen LogP contribution is 2.23. The standard InChI is InChI=1S/C16H23N5O3/c1-10-6-4-5-7-11(10)18-12(22)8-21-9-17-14-13(21)15(23)20(3)16(24)19(14)2/h9-11H,4-8H2,1-3H3,(H,18,22)/t10-,11+/m1/s1. The predicted molar refractivity (Wildman–Crippen MR) is 89.8 cm³/mol. The molecular formula is C16H23N5O3. The normalized spacial score (nSPS) is 21.1. The number of carbonyl (C=O) groups is 1. The molecule has 1 N–H and O–H groups in total. The average molecular weight is 333 g/mol. The Morgan fingerprint density at radius 2 is 1.96 bits per heavy atom. The number of imidazole rings is 1. The number of hydrogen-bond acceptors (Lipinski definition) is 4. The van der Waals surface area contributed by atoms with Gasteiger partial charge in [-0.2, -0.15) is 0 Å². The fourth-order valence-electron chi connectivity index (χ4n) is 3.45. The van der Waals surface area contributed by atoms with Gasteiger partial charge in [0.25, 0.3) is 5.56 Å². The van der Waals surface area contributed by atoms with Crippen molar-refractivity contribution in [1.82, 2.24) is 24.0 Å². The van der Waals surface area contributed by atoms with Gasteiger partial charge in [-0.05, 0) is 18.8 Å². The maximum atomic E-state index is 12.4. The third-order valence-corrected chi connectivity index (χ3v) is 4.99. The van der Waals surface area contributed by atoms with Crippen LogP contribution in [0.3, 0.4) is 0 Å². The van der Waals surface area contributed by atoms with Crippen LogP contribution in [-0.4, -0.2) is 30.6 Å². The molecule has 24 heavy (non-hydrogen) atoms. The van der Waals surface area contributed by atoms with Crippen molar-refractivity contribution in [1.29, 1.82) is 0 Å². The van der Waals surface area contributed by atoms with Crippen LogP contribution in [0.5, 0.6) is 0 Å². The maximum absolute atomic E-state index is 12.4. The van der Waals surface area contributed by atoms with Crippen molar-refractivity contribution < 1.29 is 4.79 Å². The van der Waals surface area contributed by atoms with E-state index >= 15 is 0 Å². The molecule has 0 bridgehead atoms. The van der Waals surface area contributed by atoms with E-state index in [2.05, 4.69) is 17.2 Å². The minimum Gasteiger partial charge on any atom is -0.352 e. The smallest absolute Gasteiger partial charge is 0.332 e. The second-order valence-corrected chi connectivity index (χ2v) is 6.69. The van der Waals surface area contributed by atoms with E-state index in [1.165, 1.54) is 28.9 Å². The van der Waals surface area contributed by atoms with Gasteiger partial charge in [-0.1, -0.05) is 19.8 Å². The number of rotatable bonds is 3. The molecule has 1 saturated carbocycles. The zero-order valence-corrected chi connectivity index (χ0v) is 14.3. The van der Waals surface area contributed by atoms with E-state index in [4.69, 9.17) is 0 Å². The van der Waals surface area contributed by atoms with Crippen LogP contribution in [0, 0.1) is 5.92 Å². The lowest BCUT2D eigenvalue weighted by atomic mass is 9.86. The van der Waals surface area contributed by atoms with Crippen molar-refractivity contribution in [3.63, 3.8) is 0 Å². The molecule has 130 valence electrons. The number of fused-ring (bicyclic) bond motifs is 1. The minimum absolute atomic E-state index is 0.0210. The summed E-state index contributed by atoms with van der Waals surface area (Å²) >= 11 is 0. The Balaban J connectivity index is 1.87. The topological polar surface area (TPSA) is 90.9 Å². The van der Waals surface area contributed by atoms with Gasteiger partial charge >= 0.3 is 5.69 Å². The molecule has 0 unspecified atom stereocenters. The number of nitrogens with zero attached hydrogens (tertiary/aromatic N) is 4. The van der Waals surface area contributed by atoms with Crippen LogP contribution >= 0.6 is 0 Å². The van der Waals surface area contributed by atoms with E-state index in [1.807, 2.05) is 0 Å². The molecule has 2 heterocycles. The Kier molecular flexibility index (Phi) is 4.29. The first kappa shape index (κ1) is 16.5. The second-order valence-electron chi connectivity index (χ2n) is 6.69. The van der Waals surface area contributed by atoms with Gasteiger partial charge in [-0.3, -0.25) is 18.7 Å². The third kappa shape index (κ3) is 2.76. The Labute approximate surface area is 139 Å². The van der Waals surface area contributed by atoms with Crippen molar-refractivity contribution >= 4 is 17.1 Å². The lowest BCUT2D eigenvalue weighted by molar-refractivity contribution is -0.122. The summed E-state index contributed by atoms with van der Waals surface area (Å²) in [6.45, 7) is 2.18. The summed E-state index contributed by atoms with van der Waals surface area (Å²) in [5.41, 5.74) is -0.309. The van der Waals surface area contributed by atoms with Crippen LogP contribution in [0.25, 0.3) is 11.2 Å². The van der Waals surface area contributed by atoms with Crippen LogP contribution in [0.4, 0.5) is 0 Å². The molecule has 1 fully saturated rings. The predicted octanol–water partition coefficient (Wildman–Crippen LogP) is 0.129. The van der Waals surface area contributed by atoms with E-state index in [9.17, 15) is 14.4 Å². The molecule has 0 aliphatic heterocycles. The maximum Gasteiger partial charge on any atom is 0.332 e. The van der Waals surface area contributed by atoms with E-state index in [0.29, 0.717) is 11.6 Å². The van der Waals surface area contributed by atoms with Gasteiger partial charge in [0.2, 0.25) is 5.91 Å². The highest BCUT2D eigenvalue weighted by Gasteiger charge is 2.23. The number of aromatic nitrogens is 4. The molecular weight excluding hydrogens is 310 g/mol. The molecule has 1 aliphatic rings. The number of amides is 1. The van der Waals surface area contributed by atoms with Gasteiger partial charge in [-0.15, -0.1) is 0 Å². The quantitative estimate of drug-likeness (QED) is 0.864. The molecule has 0 saturated heterocycles. The van der Waals surface area contributed by atoms with E-state index in [0.717, 1.165) is 23.8 Å². The summed E-state index contributed by atoms with van der Waals surface area (Å²) in [4.78, 5) is 40.8. The fraction of sp³-hybridized carbons (Fsp3) is 0.625. The van der Waals surface area contributed by atoms with Crippen molar-refractivity contribution in [3.8, 4) is 0 Å². The zero-order chi connectivity index (χ0) is 17.4. The molecule has 3 rings (SSSR count). The van der Waals surface area contributed by atoms with Crippen LogP contribution in [0.15, 0.2) is 15.9 Å². The molecule has 8 nitrogen and oxygen atoms in total. The van der Waals surface area contributed by atoms with Crippen LogP contribution in [0.1, 0.15) is 32.6 Å². The molecule has 0 aromatic carbocycles. The largest absolute Gasteiger partial charge is 0.352 e. The van der Waals surface area contributed by atoms with Crippen LogP contribution in [-0.2, 0) is 25.4 Å². The lowest BCUT2D eigenvalue weighted by Crippen LogP contribution is -2.43. The zero-order valence-electron chi connectivity index (χ0n) is 14.3. The van der Waals surface area contributed by atoms with Crippen molar-refractivity contribution in [2.75, 3.05) is 0 Å². The van der Waals surface area contributed by atoms with Gasteiger partial charge in [0, 0.05) is 20.1 Å². The van der Waals surface area contributed by atoms with Gasteiger partial charge in [0.1, 0.15) is 6.54 Å². The van der Waals surface area contributed by atoms with Crippen molar-refractivity contribution in [3.05, 3.63) is 27.2 Å². The first-order chi connectivity index (χ1) is 11.4. The monoisotopic (exact) mass is 333 g/mol. The fourth-order valence-corrected chi connectivity index (χ4v) is 3.45. The Bertz CT molecular complexity index is 891. The third-order valence-electron chi connectivity index (χ3n) is 4.99. The number of hydrogen-bond donors (Lipinski definition) is 1. The number of carbonyl (C=O) groups excluding carboxylic acids is 1. The molecule has 2 aromatic heterocycles. The SMILES string of the molecule is C[C@@H]1CCCC[C@@H]1NC(=O)Cn1cnc2c1c(=O)n(C)c(=O)n2C. The lowest BCUT2D eigenvalue weighted by Gasteiger charge is -2.29. The van der Waals surface area contributed by atoms with Gasteiger partial charge in [0.15, 0.2) is 11.2 Å². The van der Waals surface area contributed by atoms with Gasteiger partial charge < -0.3 is 9.88 Å². The Hall–Kier alpha value is -2.38. The summed E-state index contributed by atoms with van der Waals surface area (Å²) in [5.74, 6) is 0.333. The summed E-state index contributed by atoms with van der Waals surface area (Å²) in [5, 5.41) is 3.07. The Morgan fingerprint density at radius 3 is 2.67 bits per heavy atom. The van der Waals surface area contributed by atoms with E-state index < -0.39 is 11.2 Å². The minimum atomic E-state index is -0.440. The van der Waals surface area contributed by atoms with E-state index in [-0.39, 0.29) is 24.0 Å². The summed E-state index contributed by atoms with van der Waals surface area (Å²) in [7, 11) is 2.98. The molecule has 1 amide bonds. The van der Waals surface area contributed by atoms with Gasteiger partial charge in [-0.25, -0.2) is 9.78 Å². The highest BCUT2D eigenvalue weighted by atomic mass is 16.2. The Morgan fingerprint density at radius 1 is 1.25 bits per heavy atom. The number of nitrogens with one attached hydrogen (secondary N) is 1. The average Bonchev–Trinajstić information content (AvgIpc) is 2.96. The molecule has 2 atom stereocenters. The van der Waals surface area contributed by atoms with E-state index in [1.54, 1.807) is 7.05 Å². The van der Waals surface area contributed by atoms with Gasteiger partial charge in [0.05, 0.1) is 6.33 Å². The van der Waals surface area contributed by atoms with Crippen molar-refractivity contribution in [2.24, 2.45) is 20.0 Å². The first-order valence-electron chi connectivity index (χ1n) is 8.30. The molecule has 0 radical (unpaired) electrons. The van der Waals surface area contributed by atoms with Crippen LogP contribution < -0.4 is 16.6 Å². The molecule has 0 spiro atoms. The second kappa shape index (κ2) is 6.26. The molecule has 1 aliphatic carbocycles. The highest BCUT2D eigenvalue weighted by molar-refractivity contribution is 5.79. The first-order valence-corrected chi connectivity index (χ1v) is 8.30. The molecule has 8 heteroatoms. The molecule has 2 aromatic rings. The van der Waals surface area contributed by atoms with Crippen LogP contribution in [0.2, 0.25) is 0 Å². The summed E-state index contributed by atoms with van der Waals surface area (Å²) in [6.07, 6.45) is 5.90. The summed E-state index contributed by atoms with van der Waals surface area (Å²) in [6, 6.07) is 0.188. The van der Waals surface area contributed by atoms with Crippen molar-refractivity contribution in [2.45, 2.75) is 45.2 Å². The number of aryl methyl sites for hydroxylation is 1.